The highest BCUT2D eigenvalue weighted by molar-refractivity contribution is 6.30. The van der Waals surface area contributed by atoms with Crippen molar-refractivity contribution in [2.45, 2.75) is 45.4 Å². The van der Waals surface area contributed by atoms with Crippen LogP contribution in [0.15, 0.2) is 42.6 Å². The molecule has 0 radical (unpaired) electrons. The first kappa shape index (κ1) is 17.0. The molecule has 2 atom stereocenters. The molecule has 0 N–H and O–H groups in total. The number of ether oxygens (including phenoxy) is 2. The molecule has 0 spiro atoms. The van der Waals surface area contributed by atoms with E-state index in [1.165, 1.54) is 16.8 Å². The van der Waals surface area contributed by atoms with Gasteiger partial charge in [-0.15, -0.1) is 0 Å². The number of hydrogen-bond donors (Lipinski definition) is 0. The molecule has 1 aliphatic carbocycles. The summed E-state index contributed by atoms with van der Waals surface area (Å²) in [6, 6.07) is 12.8. The predicted molar refractivity (Wildman–Crippen MR) is 97.8 cm³/mol. The number of halogens is 1. The molecule has 2 aliphatic heterocycles. The smallest absolute Gasteiger partial charge is 0.196 e. The Bertz CT molecular complexity index is 811. The summed E-state index contributed by atoms with van der Waals surface area (Å²) in [4.78, 5) is 0. The second kappa shape index (κ2) is 5.80. The van der Waals surface area contributed by atoms with Crippen molar-refractivity contribution in [3.8, 4) is 0 Å². The van der Waals surface area contributed by atoms with E-state index in [2.05, 4.69) is 54.9 Å². The van der Waals surface area contributed by atoms with Crippen molar-refractivity contribution in [2.75, 3.05) is 13.2 Å². The minimum absolute atomic E-state index is 0.0118. The maximum atomic E-state index is 6.44. The van der Waals surface area contributed by atoms with Crippen molar-refractivity contribution < 1.29 is 14.0 Å². The van der Waals surface area contributed by atoms with Gasteiger partial charge in [-0.25, -0.2) is 0 Å². The number of pyridine rings is 1. The fourth-order valence-electron chi connectivity index (χ4n) is 5.01. The summed E-state index contributed by atoms with van der Waals surface area (Å²) >= 11 is 6.37. The molecule has 0 saturated carbocycles. The summed E-state index contributed by atoms with van der Waals surface area (Å²) in [5.74, 6) is -0.720. The third-order valence-electron chi connectivity index (χ3n) is 5.83. The topological polar surface area (TPSA) is 22.3 Å². The van der Waals surface area contributed by atoms with Crippen molar-refractivity contribution >= 4 is 11.6 Å². The summed E-state index contributed by atoms with van der Waals surface area (Å²) in [6.45, 7) is 9.81. The standard InChI is InChI=1S/C21H25ClNO2/c1-5-24-21(25-6-2)18-16-13-14(22)10-11-15(16)19(20(21,3)4)23-12-8-7-9-17(18)23/h7-13,18-19H,5-6H2,1-4H3/q+1. The van der Waals surface area contributed by atoms with Gasteiger partial charge in [0.15, 0.2) is 23.7 Å². The first-order valence-corrected chi connectivity index (χ1v) is 9.43. The quantitative estimate of drug-likeness (QED) is 0.594. The van der Waals surface area contributed by atoms with E-state index in [9.17, 15) is 0 Å². The molecule has 132 valence electrons. The first-order valence-electron chi connectivity index (χ1n) is 9.05. The van der Waals surface area contributed by atoms with Crippen LogP contribution in [0.3, 0.4) is 0 Å². The summed E-state index contributed by atoms with van der Waals surface area (Å²) in [5, 5.41) is 0.758. The van der Waals surface area contributed by atoms with E-state index in [0.717, 1.165) is 5.02 Å². The molecule has 0 saturated heterocycles. The lowest BCUT2D eigenvalue weighted by atomic mass is 9.57. The Balaban J connectivity index is 2.08. The Morgan fingerprint density at radius 2 is 1.76 bits per heavy atom. The molecule has 0 amide bonds. The Morgan fingerprint density at radius 1 is 1.04 bits per heavy atom. The highest BCUT2D eigenvalue weighted by Gasteiger charge is 2.70. The zero-order valence-electron chi connectivity index (χ0n) is 15.3. The lowest BCUT2D eigenvalue weighted by Gasteiger charge is -2.57. The molecular weight excluding hydrogens is 334 g/mol. The van der Waals surface area contributed by atoms with Crippen molar-refractivity contribution in [3.05, 3.63) is 64.4 Å². The van der Waals surface area contributed by atoms with E-state index in [1.807, 2.05) is 19.9 Å². The van der Waals surface area contributed by atoms with Crippen LogP contribution < -0.4 is 4.57 Å². The van der Waals surface area contributed by atoms with Crippen LogP contribution in [-0.4, -0.2) is 19.0 Å². The number of rotatable bonds is 4. The average molecular weight is 359 g/mol. The third kappa shape index (κ3) is 2.09. The maximum Gasteiger partial charge on any atom is 0.196 e. The molecule has 1 aromatic heterocycles. The van der Waals surface area contributed by atoms with Crippen LogP contribution in [-0.2, 0) is 9.47 Å². The van der Waals surface area contributed by atoms with Crippen molar-refractivity contribution in [1.29, 1.82) is 0 Å². The zero-order chi connectivity index (χ0) is 17.8. The number of nitrogens with zero attached hydrogens (tertiary/aromatic N) is 1. The van der Waals surface area contributed by atoms with Gasteiger partial charge in [0.2, 0.25) is 0 Å². The highest BCUT2D eigenvalue weighted by Crippen LogP contribution is 2.62. The Labute approximate surface area is 154 Å². The van der Waals surface area contributed by atoms with Crippen molar-refractivity contribution in [3.63, 3.8) is 0 Å². The molecule has 5 rings (SSSR count). The van der Waals surface area contributed by atoms with Crippen LogP contribution >= 0.6 is 11.6 Å². The van der Waals surface area contributed by atoms with Crippen molar-refractivity contribution in [1.82, 2.24) is 0 Å². The summed E-state index contributed by atoms with van der Waals surface area (Å²) < 4.78 is 15.3. The van der Waals surface area contributed by atoms with E-state index in [0.29, 0.717) is 13.2 Å². The van der Waals surface area contributed by atoms with Gasteiger partial charge in [-0.3, -0.25) is 0 Å². The summed E-state index contributed by atoms with van der Waals surface area (Å²) in [7, 11) is 0. The second-order valence-electron chi connectivity index (χ2n) is 7.40. The molecule has 25 heavy (non-hydrogen) atoms. The number of benzene rings is 1. The number of aromatic nitrogens is 1. The van der Waals surface area contributed by atoms with Gasteiger partial charge in [0.05, 0.1) is 5.41 Å². The fourth-order valence-corrected chi connectivity index (χ4v) is 5.19. The largest absolute Gasteiger partial charge is 0.348 e. The molecule has 2 bridgehead atoms. The van der Waals surface area contributed by atoms with Gasteiger partial charge in [0.25, 0.3) is 0 Å². The second-order valence-corrected chi connectivity index (χ2v) is 7.83. The number of fused-ring (bicyclic) bond motifs is 1. The Hall–Kier alpha value is -1.42. The predicted octanol–water partition coefficient (Wildman–Crippen LogP) is 4.47. The SMILES string of the molecule is CCOC1(OCC)C2c3cc(Cl)ccc3C([n+]3ccccc32)C1(C)C. The summed E-state index contributed by atoms with van der Waals surface area (Å²) in [6.07, 6.45) is 2.17. The molecule has 0 fully saturated rings. The van der Waals surface area contributed by atoms with E-state index in [4.69, 9.17) is 21.1 Å². The van der Waals surface area contributed by atoms with Crippen LogP contribution in [0.4, 0.5) is 0 Å². The summed E-state index contributed by atoms with van der Waals surface area (Å²) in [5.41, 5.74) is 3.54. The molecular formula is C21H25ClNO2+. The van der Waals surface area contributed by atoms with Crippen LogP contribution in [0.2, 0.25) is 5.02 Å². The van der Waals surface area contributed by atoms with Gasteiger partial charge in [-0.1, -0.05) is 23.7 Å². The van der Waals surface area contributed by atoms with Crippen LogP contribution in [0.1, 0.15) is 56.5 Å². The molecule has 3 aliphatic rings. The molecule has 1 aromatic carbocycles. The Kier molecular flexibility index (Phi) is 3.95. The van der Waals surface area contributed by atoms with E-state index in [1.54, 1.807) is 0 Å². The lowest BCUT2D eigenvalue weighted by Crippen LogP contribution is -2.71. The molecule has 2 unspecified atom stereocenters. The van der Waals surface area contributed by atoms with E-state index >= 15 is 0 Å². The third-order valence-corrected chi connectivity index (χ3v) is 6.07. The molecule has 3 nitrogen and oxygen atoms in total. The van der Waals surface area contributed by atoms with Gasteiger partial charge in [-0.05, 0) is 45.4 Å². The Morgan fingerprint density at radius 3 is 2.44 bits per heavy atom. The highest BCUT2D eigenvalue weighted by atomic mass is 35.5. The van der Waals surface area contributed by atoms with Crippen LogP contribution in [0.25, 0.3) is 0 Å². The van der Waals surface area contributed by atoms with Crippen LogP contribution in [0, 0.1) is 5.41 Å². The normalized spacial score (nSPS) is 24.7. The van der Waals surface area contributed by atoms with Crippen LogP contribution in [0.5, 0.6) is 0 Å². The van der Waals surface area contributed by atoms with E-state index in [-0.39, 0.29) is 17.4 Å². The van der Waals surface area contributed by atoms with Gasteiger partial charge < -0.3 is 9.47 Å². The van der Waals surface area contributed by atoms with Gasteiger partial charge in [0, 0.05) is 35.9 Å². The fraction of sp³-hybridized carbons (Fsp3) is 0.476. The molecule has 4 heteroatoms. The average Bonchev–Trinajstić information content (AvgIpc) is 2.58. The van der Waals surface area contributed by atoms with Crippen molar-refractivity contribution in [2.24, 2.45) is 5.41 Å². The molecule has 3 heterocycles. The minimum atomic E-state index is -0.708. The minimum Gasteiger partial charge on any atom is -0.348 e. The first-order chi connectivity index (χ1) is 12.0. The van der Waals surface area contributed by atoms with Gasteiger partial charge in [0.1, 0.15) is 5.92 Å². The van der Waals surface area contributed by atoms with E-state index < -0.39 is 5.79 Å². The lowest BCUT2D eigenvalue weighted by molar-refractivity contribution is -0.755. The molecule has 2 aromatic rings. The number of hydrogen-bond acceptors (Lipinski definition) is 2. The van der Waals surface area contributed by atoms with Gasteiger partial charge >= 0.3 is 0 Å². The van der Waals surface area contributed by atoms with Gasteiger partial charge in [-0.2, -0.15) is 4.57 Å². The monoisotopic (exact) mass is 358 g/mol. The maximum absolute atomic E-state index is 6.44. The zero-order valence-corrected chi connectivity index (χ0v) is 16.0.